The van der Waals surface area contributed by atoms with E-state index in [0.29, 0.717) is 19.4 Å². The molecule has 0 radical (unpaired) electrons. The number of carbonyl (C=O) groups excluding carboxylic acids is 2. The number of benzene rings is 1. The van der Waals surface area contributed by atoms with Gasteiger partial charge in [-0.1, -0.05) is 109 Å². The molecule has 1 saturated carbocycles. The molecule has 1 aliphatic carbocycles. The zero-order chi connectivity index (χ0) is 32.2. The van der Waals surface area contributed by atoms with E-state index in [0.717, 1.165) is 44.1 Å². The van der Waals surface area contributed by atoms with Gasteiger partial charge in [-0.05, 0) is 51.0 Å². The highest BCUT2D eigenvalue weighted by Gasteiger charge is 2.46. The number of nitrogens with one attached hydrogen (secondary N) is 2. The maximum Gasteiger partial charge on any atom is 0.308 e. The van der Waals surface area contributed by atoms with Gasteiger partial charge in [-0.3, -0.25) is 14.4 Å². The minimum atomic E-state index is -0.951. The summed E-state index contributed by atoms with van der Waals surface area (Å²) in [6.45, 7) is 9.95. The van der Waals surface area contributed by atoms with Crippen LogP contribution in [-0.2, 0) is 30.3 Å². The van der Waals surface area contributed by atoms with E-state index < -0.39 is 29.2 Å². The highest BCUT2D eigenvalue weighted by Crippen LogP contribution is 2.35. The van der Waals surface area contributed by atoms with Gasteiger partial charge in [0, 0.05) is 23.9 Å². The van der Waals surface area contributed by atoms with Crippen LogP contribution in [0, 0.1) is 23.2 Å². The molecule has 0 bridgehead atoms. The van der Waals surface area contributed by atoms with Gasteiger partial charge in [0.25, 0.3) is 0 Å². The molecule has 2 fully saturated rings. The molecule has 0 spiro atoms. The van der Waals surface area contributed by atoms with Gasteiger partial charge < -0.3 is 25.2 Å². The SMILES string of the molecule is CCCCCCCCCC(Cc1ccccc1)C(=O)N[C@H]1CCCC[C@H]1C(CNC(=O)C1OC(C)(C)OCC1(C)C)C(=O)O. The van der Waals surface area contributed by atoms with Crippen molar-refractivity contribution >= 4 is 17.8 Å². The van der Waals surface area contributed by atoms with E-state index in [1.54, 1.807) is 13.8 Å². The van der Waals surface area contributed by atoms with Crippen molar-refractivity contribution in [3.63, 3.8) is 0 Å². The molecule has 0 aromatic heterocycles. The molecule has 3 N–H and O–H groups in total. The lowest BCUT2D eigenvalue weighted by molar-refractivity contribution is -0.304. The minimum Gasteiger partial charge on any atom is -0.481 e. The Morgan fingerprint density at radius 3 is 2.30 bits per heavy atom. The average molecular weight is 615 g/mol. The van der Waals surface area contributed by atoms with Crippen LogP contribution in [-0.4, -0.2) is 54.0 Å². The number of carboxylic acid groups (broad SMARTS) is 1. The number of unbranched alkanes of at least 4 members (excludes halogenated alkanes) is 6. The summed E-state index contributed by atoms with van der Waals surface area (Å²) in [5, 5.41) is 16.5. The van der Waals surface area contributed by atoms with Crippen LogP contribution in [0.5, 0.6) is 0 Å². The molecule has 3 rings (SSSR count). The van der Waals surface area contributed by atoms with Crippen LogP contribution in [0.4, 0.5) is 0 Å². The lowest BCUT2D eigenvalue weighted by atomic mass is 9.75. The Labute approximate surface area is 265 Å². The third-order valence-corrected chi connectivity index (χ3v) is 9.47. The summed E-state index contributed by atoms with van der Waals surface area (Å²) in [6.07, 6.45) is 12.4. The predicted molar refractivity (Wildman–Crippen MR) is 173 cm³/mol. The van der Waals surface area contributed by atoms with Crippen LogP contribution in [0.25, 0.3) is 0 Å². The van der Waals surface area contributed by atoms with Crippen molar-refractivity contribution in [3.8, 4) is 0 Å². The van der Waals surface area contributed by atoms with Crippen molar-refractivity contribution in [1.29, 1.82) is 0 Å². The molecule has 2 aliphatic rings. The molecule has 1 aromatic carbocycles. The van der Waals surface area contributed by atoms with Gasteiger partial charge >= 0.3 is 5.97 Å². The van der Waals surface area contributed by atoms with Gasteiger partial charge in [0.05, 0.1) is 12.5 Å². The third-order valence-electron chi connectivity index (χ3n) is 9.47. The fourth-order valence-electron chi connectivity index (χ4n) is 6.74. The van der Waals surface area contributed by atoms with Crippen molar-refractivity contribution in [2.75, 3.05) is 13.2 Å². The molecule has 2 amide bonds. The zero-order valence-electron chi connectivity index (χ0n) is 27.9. The molecule has 1 aromatic rings. The average Bonchev–Trinajstić information content (AvgIpc) is 2.98. The minimum absolute atomic E-state index is 0.00605. The number of carboxylic acids is 1. The summed E-state index contributed by atoms with van der Waals surface area (Å²) < 4.78 is 11.7. The van der Waals surface area contributed by atoms with Crippen molar-refractivity contribution in [2.45, 2.75) is 136 Å². The number of rotatable bonds is 17. The first-order chi connectivity index (χ1) is 20.9. The van der Waals surface area contributed by atoms with Gasteiger partial charge in [-0.25, -0.2) is 0 Å². The zero-order valence-corrected chi connectivity index (χ0v) is 27.9. The third kappa shape index (κ3) is 11.2. The Morgan fingerprint density at radius 2 is 1.61 bits per heavy atom. The van der Waals surface area contributed by atoms with E-state index in [4.69, 9.17) is 9.47 Å². The van der Waals surface area contributed by atoms with E-state index >= 15 is 0 Å². The second-order valence-electron chi connectivity index (χ2n) is 14.2. The summed E-state index contributed by atoms with van der Waals surface area (Å²) in [7, 11) is 0. The normalized spacial score (nSPS) is 24.2. The van der Waals surface area contributed by atoms with E-state index in [-0.39, 0.29) is 36.2 Å². The second-order valence-corrected chi connectivity index (χ2v) is 14.2. The Morgan fingerprint density at radius 1 is 0.955 bits per heavy atom. The highest BCUT2D eigenvalue weighted by atomic mass is 16.7. The second kappa shape index (κ2) is 17.3. The molecule has 1 aliphatic heterocycles. The van der Waals surface area contributed by atoms with Gasteiger partial charge in [0.1, 0.15) is 6.10 Å². The number of ether oxygens (including phenoxy) is 2. The van der Waals surface area contributed by atoms with Gasteiger partial charge in [0.15, 0.2) is 5.79 Å². The number of hydrogen-bond donors (Lipinski definition) is 3. The Kier molecular flexibility index (Phi) is 14.2. The van der Waals surface area contributed by atoms with Crippen LogP contribution in [0.15, 0.2) is 30.3 Å². The molecule has 8 nitrogen and oxygen atoms in total. The van der Waals surface area contributed by atoms with Crippen molar-refractivity contribution < 1.29 is 29.0 Å². The first kappa shape index (κ1) is 36.0. The molecular formula is C36H58N2O6. The van der Waals surface area contributed by atoms with E-state index in [1.807, 2.05) is 32.0 Å². The number of aliphatic carboxylic acids is 1. The van der Waals surface area contributed by atoms with Crippen molar-refractivity contribution in [1.82, 2.24) is 10.6 Å². The van der Waals surface area contributed by atoms with Gasteiger partial charge in [-0.15, -0.1) is 0 Å². The first-order valence-corrected chi connectivity index (χ1v) is 17.1. The number of hydrogen-bond acceptors (Lipinski definition) is 5. The maximum atomic E-state index is 13.8. The molecule has 248 valence electrons. The summed E-state index contributed by atoms with van der Waals surface area (Å²) >= 11 is 0. The maximum absolute atomic E-state index is 13.8. The monoisotopic (exact) mass is 614 g/mol. The summed E-state index contributed by atoms with van der Waals surface area (Å²) in [5.74, 6) is -3.38. The molecule has 3 unspecified atom stereocenters. The van der Waals surface area contributed by atoms with Crippen molar-refractivity contribution in [3.05, 3.63) is 35.9 Å². The fourth-order valence-corrected chi connectivity index (χ4v) is 6.74. The van der Waals surface area contributed by atoms with Gasteiger partial charge in [0.2, 0.25) is 11.8 Å². The standard InChI is InChI=1S/C36H58N2O6/c1-6-7-8-9-10-11-15-20-27(23-26-18-13-12-14-19-26)32(39)38-30-22-17-16-21-28(30)29(34(41)42)24-37-33(40)31-35(2,3)25-43-36(4,5)44-31/h12-14,18-19,27-31H,6-11,15-17,20-25H2,1-5H3,(H,37,40)(H,38,39)(H,41,42)/t27?,28-,29?,30-,31?/m0/s1. The number of amides is 2. The van der Waals surface area contributed by atoms with Gasteiger partial charge in [-0.2, -0.15) is 0 Å². The Hall–Kier alpha value is -2.45. The predicted octanol–water partition coefficient (Wildman–Crippen LogP) is 6.66. The van der Waals surface area contributed by atoms with Crippen molar-refractivity contribution in [2.24, 2.45) is 23.2 Å². The summed E-state index contributed by atoms with van der Waals surface area (Å²) in [5.41, 5.74) is 0.589. The van der Waals surface area contributed by atoms with E-state index in [1.165, 1.54) is 32.1 Å². The van der Waals surface area contributed by atoms with Crippen LogP contribution >= 0.6 is 0 Å². The smallest absolute Gasteiger partial charge is 0.308 e. The molecule has 1 saturated heterocycles. The summed E-state index contributed by atoms with van der Waals surface area (Å²) in [6, 6.07) is 9.91. The van der Waals surface area contributed by atoms with Crippen LogP contribution in [0.3, 0.4) is 0 Å². The largest absolute Gasteiger partial charge is 0.481 e. The molecule has 1 heterocycles. The topological polar surface area (TPSA) is 114 Å². The lowest BCUT2D eigenvalue weighted by Crippen LogP contribution is -2.57. The number of carbonyl (C=O) groups is 3. The first-order valence-electron chi connectivity index (χ1n) is 17.1. The van der Waals surface area contributed by atoms with Crippen LogP contribution in [0.1, 0.15) is 117 Å². The Bertz CT molecular complexity index is 1040. The van der Waals surface area contributed by atoms with E-state index in [2.05, 4.69) is 29.7 Å². The Balaban J connectivity index is 1.65. The molecular weight excluding hydrogens is 556 g/mol. The quantitative estimate of drug-likeness (QED) is 0.169. The van der Waals surface area contributed by atoms with Crippen LogP contribution < -0.4 is 10.6 Å². The molecule has 8 heteroatoms. The fraction of sp³-hybridized carbons (Fsp3) is 0.750. The van der Waals surface area contributed by atoms with E-state index in [9.17, 15) is 19.5 Å². The molecule has 44 heavy (non-hydrogen) atoms. The molecule has 5 atom stereocenters. The highest BCUT2D eigenvalue weighted by molar-refractivity contribution is 5.83. The van der Waals surface area contributed by atoms with Crippen LogP contribution in [0.2, 0.25) is 0 Å². The summed E-state index contributed by atoms with van der Waals surface area (Å²) in [4.78, 5) is 39.7. The lowest BCUT2D eigenvalue weighted by Gasteiger charge is -2.45.